The van der Waals surface area contributed by atoms with Gasteiger partial charge in [0.05, 0.1) is 13.2 Å². The van der Waals surface area contributed by atoms with Gasteiger partial charge in [-0.2, -0.15) is 5.10 Å². The van der Waals surface area contributed by atoms with Crippen LogP contribution >= 0.6 is 0 Å². The van der Waals surface area contributed by atoms with Crippen molar-refractivity contribution in [2.45, 2.75) is 13.5 Å². The molecule has 1 N–H and O–H groups in total. The van der Waals surface area contributed by atoms with Crippen LogP contribution in [0.15, 0.2) is 11.1 Å². The summed E-state index contributed by atoms with van der Waals surface area (Å²) in [6.07, 6.45) is 1.52. The van der Waals surface area contributed by atoms with Gasteiger partial charge < -0.3 is 10.1 Å². The maximum atomic E-state index is 11.3. The number of ether oxygens (including phenoxy) is 1. The van der Waals surface area contributed by atoms with E-state index in [1.807, 2.05) is 6.92 Å². The van der Waals surface area contributed by atoms with Crippen molar-refractivity contribution < 1.29 is 4.74 Å². The Morgan fingerprint density at radius 1 is 1.53 bits per heavy atom. The molecule has 15 heavy (non-hydrogen) atoms. The van der Waals surface area contributed by atoms with Crippen molar-refractivity contribution >= 4 is 0 Å². The normalized spacial score (nSPS) is 10.8. The lowest BCUT2D eigenvalue weighted by Gasteiger charge is -2.03. The molecule has 1 aromatic heterocycles. The fraction of sp³-hybridized carbons (Fsp3) is 0.778. The first-order chi connectivity index (χ1) is 7.25. The molecule has 1 rings (SSSR count). The molecule has 1 aromatic rings. The quantitative estimate of drug-likeness (QED) is 0.604. The predicted octanol–water partition coefficient (Wildman–Crippen LogP) is -0.792. The minimum absolute atomic E-state index is 0.0818. The van der Waals surface area contributed by atoms with E-state index in [-0.39, 0.29) is 5.69 Å². The van der Waals surface area contributed by atoms with Crippen LogP contribution in [-0.2, 0) is 18.3 Å². The number of nitrogens with zero attached hydrogens (tertiary/aromatic N) is 3. The van der Waals surface area contributed by atoms with Crippen molar-refractivity contribution in [3.05, 3.63) is 16.8 Å². The van der Waals surface area contributed by atoms with Gasteiger partial charge in [-0.25, -0.2) is 9.48 Å². The largest absolute Gasteiger partial charge is 0.380 e. The van der Waals surface area contributed by atoms with Crippen molar-refractivity contribution in [2.24, 2.45) is 7.05 Å². The molecule has 0 spiro atoms. The molecule has 86 valence electrons. The standard InChI is InChI=1S/C9H18N4O2/c1-3-15-7-5-10-4-6-13-9(14)12(2)8-11-13/h8,10H,3-7H2,1-2H3. The average Bonchev–Trinajstić information content (AvgIpc) is 2.54. The van der Waals surface area contributed by atoms with E-state index in [0.717, 1.165) is 19.7 Å². The minimum Gasteiger partial charge on any atom is -0.380 e. The Morgan fingerprint density at radius 3 is 2.93 bits per heavy atom. The van der Waals surface area contributed by atoms with Crippen molar-refractivity contribution in [3.63, 3.8) is 0 Å². The SMILES string of the molecule is CCOCCNCCn1ncn(C)c1=O. The first-order valence-corrected chi connectivity index (χ1v) is 5.12. The summed E-state index contributed by atoms with van der Waals surface area (Å²) in [7, 11) is 1.69. The van der Waals surface area contributed by atoms with Gasteiger partial charge in [-0.15, -0.1) is 0 Å². The molecule has 0 atom stereocenters. The molecular weight excluding hydrogens is 196 g/mol. The second-order valence-corrected chi connectivity index (χ2v) is 3.19. The molecule has 0 bridgehead atoms. The first-order valence-electron chi connectivity index (χ1n) is 5.12. The maximum absolute atomic E-state index is 11.3. The van der Waals surface area contributed by atoms with E-state index in [2.05, 4.69) is 10.4 Å². The van der Waals surface area contributed by atoms with Gasteiger partial charge in [0.1, 0.15) is 6.33 Å². The molecule has 0 saturated heterocycles. The van der Waals surface area contributed by atoms with Gasteiger partial charge in [0.15, 0.2) is 0 Å². The number of aromatic nitrogens is 3. The summed E-state index contributed by atoms with van der Waals surface area (Å²) in [5, 5.41) is 7.12. The third-order valence-electron chi connectivity index (χ3n) is 2.01. The highest BCUT2D eigenvalue weighted by atomic mass is 16.5. The average molecular weight is 214 g/mol. The van der Waals surface area contributed by atoms with Gasteiger partial charge >= 0.3 is 5.69 Å². The van der Waals surface area contributed by atoms with Crippen LogP contribution < -0.4 is 11.0 Å². The van der Waals surface area contributed by atoms with Crippen LogP contribution in [0.4, 0.5) is 0 Å². The van der Waals surface area contributed by atoms with E-state index in [9.17, 15) is 4.79 Å². The number of aryl methyl sites for hydroxylation is 1. The van der Waals surface area contributed by atoms with Crippen molar-refractivity contribution in [1.82, 2.24) is 19.7 Å². The Hall–Kier alpha value is -1.14. The summed E-state index contributed by atoms with van der Waals surface area (Å²) in [4.78, 5) is 11.3. The highest BCUT2D eigenvalue weighted by molar-refractivity contribution is 4.65. The van der Waals surface area contributed by atoms with Gasteiger partial charge in [0.25, 0.3) is 0 Å². The number of nitrogens with one attached hydrogen (secondary N) is 1. The van der Waals surface area contributed by atoms with Crippen molar-refractivity contribution in [2.75, 3.05) is 26.3 Å². The molecule has 6 heteroatoms. The molecular formula is C9H18N4O2. The van der Waals surface area contributed by atoms with Crippen LogP contribution in [0.2, 0.25) is 0 Å². The Morgan fingerprint density at radius 2 is 2.33 bits per heavy atom. The molecule has 0 aliphatic rings. The fourth-order valence-corrected chi connectivity index (χ4v) is 1.17. The fourth-order valence-electron chi connectivity index (χ4n) is 1.17. The van der Waals surface area contributed by atoms with Gasteiger partial charge in [-0.1, -0.05) is 0 Å². The summed E-state index contributed by atoms with van der Waals surface area (Å²) in [5.74, 6) is 0. The Labute approximate surface area is 88.8 Å². The lowest BCUT2D eigenvalue weighted by molar-refractivity contribution is 0.149. The summed E-state index contributed by atoms with van der Waals surface area (Å²) in [6.45, 7) is 5.52. The van der Waals surface area contributed by atoms with Gasteiger partial charge in [0, 0.05) is 26.7 Å². The minimum atomic E-state index is -0.0818. The van der Waals surface area contributed by atoms with Crippen LogP contribution in [0.25, 0.3) is 0 Å². The van der Waals surface area contributed by atoms with Gasteiger partial charge in [-0.05, 0) is 6.92 Å². The molecule has 0 saturated carbocycles. The summed E-state index contributed by atoms with van der Waals surface area (Å²) in [5.41, 5.74) is -0.0818. The monoisotopic (exact) mass is 214 g/mol. The third kappa shape index (κ3) is 3.85. The maximum Gasteiger partial charge on any atom is 0.345 e. The van der Waals surface area contributed by atoms with E-state index in [4.69, 9.17) is 4.74 Å². The smallest absolute Gasteiger partial charge is 0.345 e. The zero-order valence-corrected chi connectivity index (χ0v) is 9.27. The van der Waals surface area contributed by atoms with Gasteiger partial charge in [-0.3, -0.25) is 4.57 Å². The third-order valence-corrected chi connectivity index (χ3v) is 2.01. The Bertz CT molecular complexity index is 331. The van der Waals surface area contributed by atoms with Crippen LogP contribution in [0.5, 0.6) is 0 Å². The van der Waals surface area contributed by atoms with Crippen molar-refractivity contribution in [3.8, 4) is 0 Å². The molecule has 6 nitrogen and oxygen atoms in total. The summed E-state index contributed by atoms with van der Waals surface area (Å²) in [6, 6.07) is 0. The zero-order chi connectivity index (χ0) is 11.1. The van der Waals surface area contributed by atoms with E-state index in [1.54, 1.807) is 7.05 Å². The Kier molecular flexibility index (Phi) is 5.06. The number of hydrogen-bond acceptors (Lipinski definition) is 4. The predicted molar refractivity (Wildman–Crippen MR) is 56.8 cm³/mol. The number of rotatable bonds is 7. The van der Waals surface area contributed by atoms with Crippen LogP contribution in [0.3, 0.4) is 0 Å². The lowest BCUT2D eigenvalue weighted by Crippen LogP contribution is -2.30. The Balaban J connectivity index is 2.15. The zero-order valence-electron chi connectivity index (χ0n) is 9.27. The highest BCUT2D eigenvalue weighted by Crippen LogP contribution is 1.76. The molecule has 0 radical (unpaired) electrons. The molecule has 0 fully saturated rings. The molecule has 0 aromatic carbocycles. The first kappa shape index (κ1) is 11.9. The van der Waals surface area contributed by atoms with Crippen molar-refractivity contribution in [1.29, 1.82) is 0 Å². The van der Waals surface area contributed by atoms with E-state index in [0.29, 0.717) is 13.2 Å². The summed E-state index contributed by atoms with van der Waals surface area (Å²) >= 11 is 0. The molecule has 1 heterocycles. The molecule has 0 amide bonds. The van der Waals surface area contributed by atoms with Crippen LogP contribution in [0.1, 0.15) is 6.92 Å². The lowest BCUT2D eigenvalue weighted by atomic mass is 10.6. The highest BCUT2D eigenvalue weighted by Gasteiger charge is 1.99. The van der Waals surface area contributed by atoms with Gasteiger partial charge in [0.2, 0.25) is 0 Å². The number of hydrogen-bond donors (Lipinski definition) is 1. The van der Waals surface area contributed by atoms with E-state index >= 15 is 0 Å². The topological polar surface area (TPSA) is 61.1 Å². The van der Waals surface area contributed by atoms with E-state index < -0.39 is 0 Å². The molecule has 0 unspecified atom stereocenters. The summed E-state index contributed by atoms with van der Waals surface area (Å²) < 4.78 is 8.06. The van der Waals surface area contributed by atoms with Crippen LogP contribution in [0, 0.1) is 0 Å². The molecule has 0 aliphatic carbocycles. The second kappa shape index (κ2) is 6.36. The van der Waals surface area contributed by atoms with E-state index in [1.165, 1.54) is 15.6 Å². The second-order valence-electron chi connectivity index (χ2n) is 3.19. The molecule has 0 aliphatic heterocycles. The van der Waals surface area contributed by atoms with Crippen LogP contribution in [-0.4, -0.2) is 40.7 Å².